The maximum Gasteiger partial charge on any atom is 0.0191 e. The Morgan fingerprint density at radius 2 is 1.83 bits per heavy atom. The molecule has 0 bridgehead atoms. The van der Waals surface area contributed by atoms with Gasteiger partial charge in [-0.1, -0.05) is 39.8 Å². The van der Waals surface area contributed by atoms with Gasteiger partial charge in [-0.05, 0) is 36.0 Å². The second kappa shape index (κ2) is 5.66. The molecule has 2 rings (SSSR count). The molecule has 1 nitrogen and oxygen atoms in total. The molecule has 0 spiro atoms. The van der Waals surface area contributed by atoms with Crippen LogP contribution in [0.2, 0.25) is 0 Å². The van der Waals surface area contributed by atoms with Crippen LogP contribution in [0.1, 0.15) is 46.1 Å². The molecule has 1 aromatic carbocycles. The van der Waals surface area contributed by atoms with E-state index in [-0.39, 0.29) is 5.41 Å². The van der Waals surface area contributed by atoms with E-state index in [1.807, 2.05) is 11.8 Å². The fourth-order valence-electron chi connectivity index (χ4n) is 1.93. The van der Waals surface area contributed by atoms with Crippen molar-refractivity contribution in [1.82, 2.24) is 5.32 Å². The van der Waals surface area contributed by atoms with Gasteiger partial charge in [0.1, 0.15) is 0 Å². The van der Waals surface area contributed by atoms with Gasteiger partial charge < -0.3 is 5.32 Å². The zero-order valence-corrected chi connectivity index (χ0v) is 12.8. The third-order valence-electron chi connectivity index (χ3n) is 3.33. The molecule has 1 aromatic rings. The zero-order chi connectivity index (χ0) is 13.2. The van der Waals surface area contributed by atoms with Crippen molar-refractivity contribution in [3.8, 4) is 0 Å². The van der Waals surface area contributed by atoms with Crippen molar-refractivity contribution < 1.29 is 0 Å². The second-order valence-corrected chi connectivity index (χ2v) is 7.90. The normalized spacial score (nSPS) is 17.8. The summed E-state index contributed by atoms with van der Waals surface area (Å²) in [5, 5.41) is 4.24. The van der Waals surface area contributed by atoms with Crippen molar-refractivity contribution in [3.63, 3.8) is 0 Å². The standard InChI is InChI=1S/C16H25NS/c1-12(11-17-14-7-8-14)18-15-9-5-13(6-10-15)16(2,3)4/h5-6,9-10,12,14,17H,7-8,11H2,1-4H3. The summed E-state index contributed by atoms with van der Waals surface area (Å²) < 4.78 is 0. The summed E-state index contributed by atoms with van der Waals surface area (Å²) in [4.78, 5) is 1.38. The molecule has 1 unspecified atom stereocenters. The summed E-state index contributed by atoms with van der Waals surface area (Å²) in [6, 6.07) is 9.88. The van der Waals surface area contributed by atoms with Crippen molar-refractivity contribution in [2.24, 2.45) is 0 Å². The molecule has 1 saturated carbocycles. The zero-order valence-electron chi connectivity index (χ0n) is 12.0. The van der Waals surface area contributed by atoms with Crippen LogP contribution in [0.5, 0.6) is 0 Å². The van der Waals surface area contributed by atoms with Crippen molar-refractivity contribution in [1.29, 1.82) is 0 Å². The van der Waals surface area contributed by atoms with E-state index in [4.69, 9.17) is 0 Å². The third-order valence-corrected chi connectivity index (χ3v) is 4.44. The van der Waals surface area contributed by atoms with Gasteiger partial charge in [0.25, 0.3) is 0 Å². The lowest BCUT2D eigenvalue weighted by molar-refractivity contribution is 0.589. The van der Waals surface area contributed by atoms with Gasteiger partial charge >= 0.3 is 0 Å². The lowest BCUT2D eigenvalue weighted by Crippen LogP contribution is -2.24. The van der Waals surface area contributed by atoms with Crippen molar-refractivity contribution in [2.75, 3.05) is 6.54 Å². The predicted octanol–water partition coefficient (Wildman–Crippen LogP) is 4.22. The largest absolute Gasteiger partial charge is 0.313 e. The molecule has 1 aliphatic carbocycles. The Bertz CT molecular complexity index is 373. The van der Waals surface area contributed by atoms with Crippen LogP contribution in [0.4, 0.5) is 0 Å². The average Bonchev–Trinajstić information content (AvgIpc) is 3.09. The van der Waals surface area contributed by atoms with Gasteiger partial charge in [-0.15, -0.1) is 11.8 Å². The van der Waals surface area contributed by atoms with Crippen molar-refractivity contribution in [2.45, 2.75) is 62.1 Å². The van der Waals surface area contributed by atoms with Crippen LogP contribution in [0.15, 0.2) is 29.2 Å². The number of nitrogens with one attached hydrogen (secondary N) is 1. The number of rotatable bonds is 5. The first kappa shape index (κ1) is 14.0. The first-order chi connectivity index (χ1) is 8.45. The number of benzene rings is 1. The van der Waals surface area contributed by atoms with Crippen LogP contribution in [0, 0.1) is 0 Å². The number of hydrogen-bond donors (Lipinski definition) is 1. The van der Waals surface area contributed by atoms with Gasteiger partial charge in [-0.2, -0.15) is 0 Å². The van der Waals surface area contributed by atoms with Crippen molar-refractivity contribution >= 4 is 11.8 Å². The van der Waals surface area contributed by atoms with E-state index in [0.29, 0.717) is 5.25 Å². The molecule has 0 amide bonds. The fraction of sp³-hybridized carbons (Fsp3) is 0.625. The smallest absolute Gasteiger partial charge is 0.0191 e. The first-order valence-corrected chi connectivity index (χ1v) is 7.84. The van der Waals surface area contributed by atoms with Gasteiger partial charge in [0.05, 0.1) is 0 Å². The molecule has 1 N–H and O–H groups in total. The molecule has 18 heavy (non-hydrogen) atoms. The Hall–Kier alpha value is -0.470. The molecule has 1 aliphatic rings. The molecule has 1 atom stereocenters. The van der Waals surface area contributed by atoms with Gasteiger partial charge in [-0.25, -0.2) is 0 Å². The van der Waals surface area contributed by atoms with E-state index in [1.54, 1.807) is 0 Å². The predicted molar refractivity (Wildman–Crippen MR) is 81.5 cm³/mol. The van der Waals surface area contributed by atoms with Crippen LogP contribution in [-0.4, -0.2) is 17.8 Å². The summed E-state index contributed by atoms with van der Waals surface area (Å²) >= 11 is 1.97. The summed E-state index contributed by atoms with van der Waals surface area (Å²) in [6.45, 7) is 10.2. The Balaban J connectivity index is 1.84. The summed E-state index contributed by atoms with van der Waals surface area (Å²) in [5.74, 6) is 0. The number of thioether (sulfide) groups is 1. The molecule has 100 valence electrons. The maximum absolute atomic E-state index is 3.59. The molecule has 2 heteroatoms. The molecular weight excluding hydrogens is 238 g/mol. The van der Waals surface area contributed by atoms with Crippen LogP contribution in [0.3, 0.4) is 0 Å². The number of hydrogen-bond acceptors (Lipinski definition) is 2. The van der Waals surface area contributed by atoms with E-state index in [9.17, 15) is 0 Å². The lowest BCUT2D eigenvalue weighted by Gasteiger charge is -2.19. The topological polar surface area (TPSA) is 12.0 Å². The van der Waals surface area contributed by atoms with E-state index in [1.165, 1.54) is 23.3 Å². The van der Waals surface area contributed by atoms with E-state index < -0.39 is 0 Å². The highest BCUT2D eigenvalue weighted by Gasteiger charge is 2.21. The highest BCUT2D eigenvalue weighted by atomic mass is 32.2. The Morgan fingerprint density at radius 1 is 1.22 bits per heavy atom. The van der Waals surface area contributed by atoms with Crippen molar-refractivity contribution in [3.05, 3.63) is 29.8 Å². The van der Waals surface area contributed by atoms with Gasteiger partial charge in [-0.3, -0.25) is 0 Å². The van der Waals surface area contributed by atoms with E-state index in [2.05, 4.69) is 57.3 Å². The Kier molecular flexibility index (Phi) is 4.39. The third kappa shape index (κ3) is 4.33. The molecular formula is C16H25NS. The Labute approximate surface area is 116 Å². The fourth-order valence-corrected chi connectivity index (χ4v) is 2.86. The van der Waals surface area contributed by atoms with Crippen LogP contribution >= 0.6 is 11.8 Å². The van der Waals surface area contributed by atoms with Crippen LogP contribution in [-0.2, 0) is 5.41 Å². The molecule has 0 aliphatic heterocycles. The van der Waals surface area contributed by atoms with E-state index in [0.717, 1.165) is 12.6 Å². The second-order valence-electron chi connectivity index (χ2n) is 6.39. The highest BCUT2D eigenvalue weighted by molar-refractivity contribution is 8.00. The molecule has 0 aromatic heterocycles. The quantitative estimate of drug-likeness (QED) is 0.798. The SMILES string of the molecule is CC(CNC1CC1)Sc1ccc(C(C)(C)C)cc1. The minimum absolute atomic E-state index is 0.252. The van der Waals surface area contributed by atoms with Crippen LogP contribution in [0.25, 0.3) is 0 Å². The summed E-state index contributed by atoms with van der Waals surface area (Å²) in [7, 11) is 0. The minimum Gasteiger partial charge on any atom is -0.313 e. The van der Waals surface area contributed by atoms with Crippen LogP contribution < -0.4 is 5.32 Å². The lowest BCUT2D eigenvalue weighted by atomic mass is 9.87. The summed E-state index contributed by atoms with van der Waals surface area (Å²) in [5.41, 5.74) is 1.66. The average molecular weight is 263 g/mol. The first-order valence-electron chi connectivity index (χ1n) is 6.96. The van der Waals surface area contributed by atoms with Gasteiger partial charge in [0.15, 0.2) is 0 Å². The molecule has 1 fully saturated rings. The molecule has 0 saturated heterocycles. The van der Waals surface area contributed by atoms with E-state index >= 15 is 0 Å². The highest BCUT2D eigenvalue weighted by Crippen LogP contribution is 2.28. The molecule has 0 radical (unpaired) electrons. The monoisotopic (exact) mass is 263 g/mol. The summed E-state index contributed by atoms with van der Waals surface area (Å²) in [6.07, 6.45) is 2.75. The maximum atomic E-state index is 3.59. The van der Waals surface area contributed by atoms with Gasteiger partial charge in [0.2, 0.25) is 0 Å². The molecule has 0 heterocycles. The van der Waals surface area contributed by atoms with Gasteiger partial charge in [0, 0.05) is 22.7 Å². The minimum atomic E-state index is 0.252. The Morgan fingerprint density at radius 3 is 2.33 bits per heavy atom.